The van der Waals surface area contributed by atoms with E-state index in [4.69, 9.17) is 4.74 Å². The molecule has 0 amide bonds. The maximum absolute atomic E-state index is 11.8. The second-order valence-electron chi connectivity index (χ2n) is 4.30. The van der Waals surface area contributed by atoms with Crippen molar-refractivity contribution >= 4 is 5.97 Å². The molecule has 0 aliphatic rings. The van der Waals surface area contributed by atoms with E-state index in [0.717, 1.165) is 5.56 Å². The zero-order chi connectivity index (χ0) is 13.8. The summed E-state index contributed by atoms with van der Waals surface area (Å²) in [6.07, 6.45) is 0. The highest BCUT2D eigenvalue weighted by Gasteiger charge is 2.18. The molecule has 1 aromatic carbocycles. The molecule has 19 heavy (non-hydrogen) atoms. The first-order valence-corrected chi connectivity index (χ1v) is 6.25. The van der Waals surface area contributed by atoms with Gasteiger partial charge in [-0.1, -0.05) is 24.3 Å². The summed E-state index contributed by atoms with van der Waals surface area (Å²) >= 11 is 0. The van der Waals surface area contributed by atoms with Crippen LogP contribution in [0.2, 0.25) is 0 Å². The molecule has 0 fully saturated rings. The quantitative estimate of drug-likeness (QED) is 0.789. The van der Waals surface area contributed by atoms with Gasteiger partial charge in [-0.05, 0) is 31.9 Å². The lowest BCUT2D eigenvalue weighted by atomic mass is 10.1. The van der Waals surface area contributed by atoms with Crippen LogP contribution in [0.25, 0.3) is 0 Å². The van der Waals surface area contributed by atoms with Crippen LogP contribution in [0.4, 0.5) is 0 Å². The van der Waals surface area contributed by atoms with E-state index < -0.39 is 5.97 Å². The Morgan fingerprint density at radius 1 is 1.26 bits per heavy atom. The SMILES string of the molecule is CCOC(=O)c1nnc(C)n1Cc1ccccc1C. The number of hydrogen-bond donors (Lipinski definition) is 0. The Morgan fingerprint density at radius 2 is 2.00 bits per heavy atom. The molecular formula is C14H17N3O2. The molecule has 0 aliphatic carbocycles. The molecule has 5 nitrogen and oxygen atoms in total. The highest BCUT2D eigenvalue weighted by atomic mass is 16.5. The number of aryl methyl sites for hydroxylation is 2. The number of rotatable bonds is 4. The van der Waals surface area contributed by atoms with Gasteiger partial charge in [0.05, 0.1) is 13.2 Å². The smallest absolute Gasteiger partial charge is 0.376 e. The van der Waals surface area contributed by atoms with Gasteiger partial charge in [-0.3, -0.25) is 0 Å². The molecule has 0 radical (unpaired) electrons. The van der Waals surface area contributed by atoms with Crippen molar-refractivity contribution < 1.29 is 9.53 Å². The number of nitrogens with zero attached hydrogens (tertiary/aromatic N) is 3. The van der Waals surface area contributed by atoms with Crippen molar-refractivity contribution in [3.05, 3.63) is 47.0 Å². The lowest BCUT2D eigenvalue weighted by Gasteiger charge is -2.10. The van der Waals surface area contributed by atoms with E-state index in [1.54, 1.807) is 11.5 Å². The second kappa shape index (κ2) is 5.65. The van der Waals surface area contributed by atoms with Crippen molar-refractivity contribution in [2.45, 2.75) is 27.3 Å². The first kappa shape index (κ1) is 13.3. The molecule has 100 valence electrons. The number of carbonyl (C=O) groups is 1. The van der Waals surface area contributed by atoms with Crippen molar-refractivity contribution in [2.24, 2.45) is 0 Å². The van der Waals surface area contributed by atoms with Crippen molar-refractivity contribution in [3.63, 3.8) is 0 Å². The second-order valence-corrected chi connectivity index (χ2v) is 4.30. The minimum Gasteiger partial charge on any atom is -0.460 e. The first-order chi connectivity index (χ1) is 9.13. The lowest BCUT2D eigenvalue weighted by Crippen LogP contribution is -2.15. The topological polar surface area (TPSA) is 57.0 Å². The molecule has 0 saturated carbocycles. The molecule has 1 heterocycles. The van der Waals surface area contributed by atoms with Gasteiger partial charge in [0.15, 0.2) is 0 Å². The Bertz CT molecular complexity index is 590. The number of hydrogen-bond acceptors (Lipinski definition) is 4. The molecule has 0 spiro atoms. The molecular weight excluding hydrogens is 242 g/mol. The Kier molecular flexibility index (Phi) is 3.94. The monoisotopic (exact) mass is 259 g/mol. The van der Waals surface area contributed by atoms with Crippen LogP contribution in [0.3, 0.4) is 0 Å². The Hall–Kier alpha value is -2.17. The third kappa shape index (κ3) is 2.81. The van der Waals surface area contributed by atoms with Gasteiger partial charge in [0.25, 0.3) is 0 Å². The summed E-state index contributed by atoms with van der Waals surface area (Å²) in [5.41, 5.74) is 2.31. The van der Waals surface area contributed by atoms with E-state index in [0.29, 0.717) is 19.0 Å². The summed E-state index contributed by atoms with van der Waals surface area (Å²) in [5, 5.41) is 7.86. The van der Waals surface area contributed by atoms with Crippen molar-refractivity contribution in [3.8, 4) is 0 Å². The highest BCUT2D eigenvalue weighted by molar-refractivity contribution is 5.85. The minimum atomic E-state index is -0.434. The molecule has 1 aromatic heterocycles. The van der Waals surface area contributed by atoms with E-state index in [9.17, 15) is 4.79 Å². The molecule has 5 heteroatoms. The van der Waals surface area contributed by atoms with E-state index >= 15 is 0 Å². The number of aromatic nitrogens is 3. The van der Waals surface area contributed by atoms with Crippen molar-refractivity contribution in [2.75, 3.05) is 6.61 Å². The first-order valence-electron chi connectivity index (χ1n) is 6.25. The van der Waals surface area contributed by atoms with Gasteiger partial charge in [0, 0.05) is 0 Å². The summed E-state index contributed by atoms with van der Waals surface area (Å²) in [6, 6.07) is 8.04. The highest BCUT2D eigenvalue weighted by Crippen LogP contribution is 2.12. The minimum absolute atomic E-state index is 0.252. The van der Waals surface area contributed by atoms with E-state index in [2.05, 4.69) is 10.2 Å². The molecule has 0 unspecified atom stereocenters. The molecule has 2 rings (SSSR count). The van der Waals surface area contributed by atoms with Crippen LogP contribution in [0.15, 0.2) is 24.3 Å². The lowest BCUT2D eigenvalue weighted by molar-refractivity contribution is 0.0506. The predicted molar refractivity (Wildman–Crippen MR) is 71.0 cm³/mol. The zero-order valence-corrected chi connectivity index (χ0v) is 11.4. The Labute approximate surface area is 112 Å². The predicted octanol–water partition coefficient (Wildman–Crippen LogP) is 2.12. The Morgan fingerprint density at radius 3 is 2.68 bits per heavy atom. The summed E-state index contributed by atoms with van der Waals surface area (Å²) in [4.78, 5) is 11.8. The van der Waals surface area contributed by atoms with Gasteiger partial charge in [0.1, 0.15) is 5.82 Å². The summed E-state index contributed by atoms with van der Waals surface area (Å²) < 4.78 is 6.77. The molecule has 0 N–H and O–H groups in total. The third-order valence-corrected chi connectivity index (χ3v) is 2.98. The summed E-state index contributed by atoms with van der Waals surface area (Å²) in [6.45, 7) is 6.54. The van der Waals surface area contributed by atoms with Gasteiger partial charge in [0.2, 0.25) is 5.82 Å². The molecule has 0 aliphatic heterocycles. The third-order valence-electron chi connectivity index (χ3n) is 2.98. The number of carbonyl (C=O) groups excluding carboxylic acids is 1. The van der Waals surface area contributed by atoms with Gasteiger partial charge in [-0.15, -0.1) is 10.2 Å². The fraction of sp³-hybridized carbons (Fsp3) is 0.357. The average Bonchev–Trinajstić information content (AvgIpc) is 2.74. The van der Waals surface area contributed by atoms with Crippen LogP contribution < -0.4 is 0 Å². The zero-order valence-electron chi connectivity index (χ0n) is 11.4. The number of ether oxygens (including phenoxy) is 1. The van der Waals surface area contributed by atoms with Crippen LogP contribution in [0.1, 0.15) is 34.5 Å². The van der Waals surface area contributed by atoms with Crippen LogP contribution in [0, 0.1) is 13.8 Å². The Balaban J connectivity index is 2.32. The number of esters is 1. The van der Waals surface area contributed by atoms with Crippen LogP contribution >= 0.6 is 0 Å². The average molecular weight is 259 g/mol. The van der Waals surface area contributed by atoms with Crippen molar-refractivity contribution in [1.82, 2.24) is 14.8 Å². The van der Waals surface area contributed by atoms with Crippen LogP contribution in [-0.4, -0.2) is 27.3 Å². The molecule has 0 bridgehead atoms. The fourth-order valence-electron chi connectivity index (χ4n) is 1.87. The summed E-state index contributed by atoms with van der Waals surface area (Å²) in [7, 11) is 0. The fourth-order valence-corrected chi connectivity index (χ4v) is 1.87. The maximum Gasteiger partial charge on any atom is 0.376 e. The summed E-state index contributed by atoms with van der Waals surface area (Å²) in [5.74, 6) is 0.519. The normalized spacial score (nSPS) is 10.5. The van der Waals surface area contributed by atoms with Crippen LogP contribution in [-0.2, 0) is 11.3 Å². The molecule has 2 aromatic rings. The van der Waals surface area contributed by atoms with Gasteiger partial charge >= 0.3 is 5.97 Å². The number of benzene rings is 1. The largest absolute Gasteiger partial charge is 0.460 e. The standard InChI is InChI=1S/C14H17N3O2/c1-4-19-14(18)13-16-15-11(3)17(13)9-12-8-6-5-7-10(12)2/h5-8H,4,9H2,1-3H3. The molecule has 0 saturated heterocycles. The molecule has 0 atom stereocenters. The van der Waals surface area contributed by atoms with E-state index in [1.807, 2.05) is 38.1 Å². The van der Waals surface area contributed by atoms with Gasteiger partial charge < -0.3 is 9.30 Å². The van der Waals surface area contributed by atoms with Gasteiger partial charge in [-0.25, -0.2) is 4.79 Å². The maximum atomic E-state index is 11.8. The van der Waals surface area contributed by atoms with E-state index in [1.165, 1.54) is 5.56 Å². The van der Waals surface area contributed by atoms with Crippen LogP contribution in [0.5, 0.6) is 0 Å². The van der Waals surface area contributed by atoms with Crippen molar-refractivity contribution in [1.29, 1.82) is 0 Å². The van der Waals surface area contributed by atoms with E-state index in [-0.39, 0.29) is 5.82 Å². The van der Waals surface area contributed by atoms with Gasteiger partial charge in [-0.2, -0.15) is 0 Å².